The van der Waals surface area contributed by atoms with Crippen LogP contribution >= 0.6 is 0 Å². The molecular weight excluding hydrogens is 210 g/mol. The van der Waals surface area contributed by atoms with Gasteiger partial charge in [-0.1, -0.05) is 23.8 Å². The highest BCUT2D eigenvalue weighted by atomic mass is 16.1. The molecule has 0 amide bonds. The van der Waals surface area contributed by atoms with Crippen molar-refractivity contribution >= 4 is 5.78 Å². The number of benzene rings is 2. The number of nitriles is 1. The average Bonchev–Trinajstić information content (AvgIpc) is 2.38. The molecule has 82 valence electrons. The second kappa shape index (κ2) is 4.63. The Morgan fingerprint density at radius 3 is 2.35 bits per heavy atom. The van der Waals surface area contributed by atoms with Crippen LogP contribution in [0.3, 0.4) is 0 Å². The van der Waals surface area contributed by atoms with Gasteiger partial charge in [0.05, 0.1) is 11.6 Å². The summed E-state index contributed by atoms with van der Waals surface area (Å²) in [5.41, 5.74) is 2.90. The minimum atomic E-state index is -0.0156. The van der Waals surface area contributed by atoms with E-state index in [4.69, 9.17) is 5.26 Å². The molecule has 0 heterocycles. The third kappa shape index (κ3) is 2.40. The van der Waals surface area contributed by atoms with Gasteiger partial charge in [0.15, 0.2) is 5.78 Å². The molecule has 0 bridgehead atoms. The largest absolute Gasteiger partial charge is 0.289 e. The lowest BCUT2D eigenvalue weighted by Gasteiger charge is -2.02. The molecule has 0 fully saturated rings. The summed E-state index contributed by atoms with van der Waals surface area (Å²) in [6, 6.07) is 16.2. The summed E-state index contributed by atoms with van der Waals surface area (Å²) < 4.78 is 0. The van der Waals surface area contributed by atoms with Gasteiger partial charge < -0.3 is 0 Å². The first-order valence-corrected chi connectivity index (χ1v) is 5.32. The molecule has 0 aromatic heterocycles. The Hall–Kier alpha value is -2.40. The summed E-state index contributed by atoms with van der Waals surface area (Å²) in [7, 11) is 0. The van der Waals surface area contributed by atoms with Crippen LogP contribution in [0.25, 0.3) is 0 Å². The molecule has 0 unspecified atom stereocenters. The Labute approximate surface area is 100 Å². The Morgan fingerprint density at radius 2 is 1.76 bits per heavy atom. The van der Waals surface area contributed by atoms with Crippen molar-refractivity contribution < 1.29 is 4.79 Å². The number of hydrogen-bond acceptors (Lipinski definition) is 2. The van der Waals surface area contributed by atoms with Gasteiger partial charge in [0.1, 0.15) is 0 Å². The number of aryl methyl sites for hydroxylation is 1. The third-order valence-corrected chi connectivity index (χ3v) is 2.56. The fourth-order valence-electron chi connectivity index (χ4n) is 1.65. The Kier molecular flexibility index (Phi) is 3.02. The van der Waals surface area contributed by atoms with Crippen LogP contribution < -0.4 is 0 Å². The fourth-order valence-corrected chi connectivity index (χ4v) is 1.65. The van der Waals surface area contributed by atoms with Crippen molar-refractivity contribution in [2.45, 2.75) is 6.92 Å². The minimum Gasteiger partial charge on any atom is -0.289 e. The zero-order valence-corrected chi connectivity index (χ0v) is 9.47. The topological polar surface area (TPSA) is 40.9 Å². The number of carbonyl (C=O) groups is 1. The zero-order chi connectivity index (χ0) is 12.3. The first-order valence-electron chi connectivity index (χ1n) is 5.32. The van der Waals surface area contributed by atoms with Crippen molar-refractivity contribution in [3.05, 3.63) is 70.8 Å². The number of rotatable bonds is 2. The van der Waals surface area contributed by atoms with E-state index in [0.717, 1.165) is 5.56 Å². The highest BCUT2D eigenvalue weighted by Gasteiger charge is 2.08. The van der Waals surface area contributed by atoms with Gasteiger partial charge in [-0.3, -0.25) is 4.79 Å². The van der Waals surface area contributed by atoms with Crippen molar-refractivity contribution in [2.24, 2.45) is 0 Å². The maximum atomic E-state index is 12.1. The number of ketones is 1. The van der Waals surface area contributed by atoms with Crippen LogP contribution in [0.4, 0.5) is 0 Å². The predicted molar refractivity (Wildman–Crippen MR) is 65.8 cm³/mol. The van der Waals surface area contributed by atoms with Gasteiger partial charge >= 0.3 is 0 Å². The molecule has 2 nitrogen and oxygen atoms in total. The molecule has 2 heteroatoms. The molecule has 0 spiro atoms. The van der Waals surface area contributed by atoms with Gasteiger partial charge in [0, 0.05) is 11.1 Å². The van der Waals surface area contributed by atoms with Crippen LogP contribution in [-0.2, 0) is 0 Å². The van der Waals surface area contributed by atoms with Crippen LogP contribution in [0, 0.1) is 18.3 Å². The van der Waals surface area contributed by atoms with E-state index in [1.54, 1.807) is 30.3 Å². The molecular formula is C15H11NO. The third-order valence-electron chi connectivity index (χ3n) is 2.56. The Bertz CT molecular complexity index is 591. The summed E-state index contributed by atoms with van der Waals surface area (Å²) in [6.07, 6.45) is 0. The molecule has 0 saturated carbocycles. The summed E-state index contributed by atoms with van der Waals surface area (Å²) in [5.74, 6) is -0.0156. The van der Waals surface area contributed by atoms with Crippen molar-refractivity contribution in [2.75, 3.05) is 0 Å². The molecule has 0 aliphatic heterocycles. The molecule has 2 aromatic rings. The van der Waals surface area contributed by atoms with E-state index in [9.17, 15) is 4.79 Å². The highest BCUT2D eigenvalue weighted by molar-refractivity contribution is 6.09. The molecule has 2 rings (SSSR count). The van der Waals surface area contributed by atoms with E-state index in [-0.39, 0.29) is 5.78 Å². The Morgan fingerprint density at radius 1 is 1.06 bits per heavy atom. The first kappa shape index (κ1) is 11.1. The lowest BCUT2D eigenvalue weighted by molar-refractivity contribution is 0.103. The standard InChI is InChI=1S/C15H11NO/c1-11-3-2-4-14(9-11)15(17)13-7-5-12(10-16)6-8-13/h2-9H,1H3. The molecule has 0 N–H and O–H groups in total. The van der Waals surface area contributed by atoms with Gasteiger partial charge in [0.25, 0.3) is 0 Å². The van der Waals surface area contributed by atoms with Crippen molar-refractivity contribution in [1.82, 2.24) is 0 Å². The smallest absolute Gasteiger partial charge is 0.193 e. The fraction of sp³-hybridized carbons (Fsp3) is 0.0667. The lowest BCUT2D eigenvalue weighted by Crippen LogP contribution is -2.01. The molecule has 2 aromatic carbocycles. The normalized spacial score (nSPS) is 9.65. The monoisotopic (exact) mass is 221 g/mol. The van der Waals surface area contributed by atoms with Crippen LogP contribution in [0.5, 0.6) is 0 Å². The van der Waals surface area contributed by atoms with E-state index in [2.05, 4.69) is 0 Å². The maximum Gasteiger partial charge on any atom is 0.193 e. The number of hydrogen-bond donors (Lipinski definition) is 0. The van der Waals surface area contributed by atoms with Crippen LogP contribution in [0.15, 0.2) is 48.5 Å². The van der Waals surface area contributed by atoms with E-state index in [0.29, 0.717) is 16.7 Å². The van der Waals surface area contributed by atoms with Crippen LogP contribution in [-0.4, -0.2) is 5.78 Å². The van der Waals surface area contributed by atoms with Crippen LogP contribution in [0.2, 0.25) is 0 Å². The van der Waals surface area contributed by atoms with E-state index in [1.165, 1.54) is 0 Å². The molecule has 0 aliphatic carbocycles. The second-order valence-corrected chi connectivity index (χ2v) is 3.89. The highest BCUT2D eigenvalue weighted by Crippen LogP contribution is 2.12. The van der Waals surface area contributed by atoms with Crippen molar-refractivity contribution in [3.63, 3.8) is 0 Å². The van der Waals surface area contributed by atoms with Gasteiger partial charge in [-0.15, -0.1) is 0 Å². The maximum absolute atomic E-state index is 12.1. The van der Waals surface area contributed by atoms with E-state index in [1.807, 2.05) is 31.2 Å². The average molecular weight is 221 g/mol. The zero-order valence-electron chi connectivity index (χ0n) is 9.47. The van der Waals surface area contributed by atoms with Gasteiger partial charge in [-0.05, 0) is 37.3 Å². The summed E-state index contributed by atoms with van der Waals surface area (Å²) in [5, 5.41) is 8.69. The molecule has 0 saturated heterocycles. The van der Waals surface area contributed by atoms with Crippen LogP contribution in [0.1, 0.15) is 27.0 Å². The minimum absolute atomic E-state index is 0.0156. The van der Waals surface area contributed by atoms with Gasteiger partial charge in [0.2, 0.25) is 0 Å². The molecule has 0 radical (unpaired) electrons. The molecule has 0 aliphatic rings. The number of carbonyl (C=O) groups excluding carboxylic acids is 1. The second-order valence-electron chi connectivity index (χ2n) is 3.89. The van der Waals surface area contributed by atoms with Crippen molar-refractivity contribution in [1.29, 1.82) is 5.26 Å². The summed E-state index contributed by atoms with van der Waals surface area (Å²) >= 11 is 0. The molecule has 17 heavy (non-hydrogen) atoms. The van der Waals surface area contributed by atoms with E-state index < -0.39 is 0 Å². The van der Waals surface area contributed by atoms with Gasteiger partial charge in [-0.2, -0.15) is 5.26 Å². The van der Waals surface area contributed by atoms with Crippen molar-refractivity contribution in [3.8, 4) is 6.07 Å². The lowest BCUT2D eigenvalue weighted by atomic mass is 10.0. The first-order chi connectivity index (χ1) is 8.20. The SMILES string of the molecule is Cc1cccc(C(=O)c2ccc(C#N)cc2)c1. The molecule has 0 atom stereocenters. The Balaban J connectivity index is 2.34. The van der Waals surface area contributed by atoms with E-state index >= 15 is 0 Å². The number of nitrogens with zero attached hydrogens (tertiary/aromatic N) is 1. The predicted octanol–water partition coefficient (Wildman–Crippen LogP) is 3.10. The summed E-state index contributed by atoms with van der Waals surface area (Å²) in [4.78, 5) is 12.1. The van der Waals surface area contributed by atoms with Gasteiger partial charge in [-0.25, -0.2) is 0 Å². The quantitative estimate of drug-likeness (QED) is 0.731. The summed E-state index contributed by atoms with van der Waals surface area (Å²) in [6.45, 7) is 1.95.